The summed E-state index contributed by atoms with van der Waals surface area (Å²) < 4.78 is 86.3. The molecule has 0 saturated carbocycles. The van der Waals surface area contributed by atoms with Crippen LogP contribution in [0, 0.1) is 6.92 Å². The summed E-state index contributed by atoms with van der Waals surface area (Å²) in [5, 5.41) is 2.10. The largest absolute Gasteiger partial charge is 0.465 e. The first-order valence-corrected chi connectivity index (χ1v) is 9.91. The zero-order valence-electron chi connectivity index (χ0n) is 18.1. The highest BCUT2D eigenvalue weighted by atomic mass is 19.4. The molecule has 2 heterocycles. The predicted molar refractivity (Wildman–Crippen MR) is 109 cm³/mol. The molecular formula is C22H19F6N3O3. The number of nitrogens with one attached hydrogen (secondary N) is 1. The van der Waals surface area contributed by atoms with E-state index < -0.39 is 41.4 Å². The second kappa shape index (κ2) is 8.99. The predicted octanol–water partition coefficient (Wildman–Crippen LogP) is 5.20. The van der Waals surface area contributed by atoms with Crippen LogP contribution in [0.4, 0.5) is 26.3 Å². The van der Waals surface area contributed by atoms with Crippen LogP contribution < -0.4 is 5.32 Å². The number of benzene rings is 1. The normalized spacial score (nSPS) is 13.1. The van der Waals surface area contributed by atoms with Crippen molar-refractivity contribution in [2.24, 2.45) is 0 Å². The maximum absolute atomic E-state index is 13.8. The van der Waals surface area contributed by atoms with E-state index >= 15 is 0 Å². The minimum Gasteiger partial charge on any atom is -0.465 e. The average molecular weight is 487 g/mol. The number of halogens is 6. The van der Waals surface area contributed by atoms with Gasteiger partial charge in [-0.1, -0.05) is 12.1 Å². The summed E-state index contributed by atoms with van der Waals surface area (Å²) in [7, 11) is 1.17. The number of hydrogen-bond acceptors (Lipinski definition) is 4. The molecule has 0 saturated heterocycles. The lowest BCUT2D eigenvalue weighted by Gasteiger charge is -2.23. The fourth-order valence-electron chi connectivity index (χ4n) is 3.55. The Morgan fingerprint density at radius 3 is 2.35 bits per heavy atom. The molecule has 12 heteroatoms. The van der Waals surface area contributed by atoms with E-state index in [1.165, 1.54) is 30.7 Å². The summed E-state index contributed by atoms with van der Waals surface area (Å²) in [5.41, 5.74) is -1.58. The molecule has 0 aliphatic carbocycles. The minimum atomic E-state index is -5.07. The summed E-state index contributed by atoms with van der Waals surface area (Å²) in [6.45, 7) is 3.32. The lowest BCUT2D eigenvalue weighted by atomic mass is 10.0. The van der Waals surface area contributed by atoms with Crippen LogP contribution in [-0.4, -0.2) is 34.7 Å². The Kier molecular flexibility index (Phi) is 6.63. The number of aromatic nitrogens is 2. The third-order valence-electron chi connectivity index (χ3n) is 5.16. The Balaban J connectivity index is 2.05. The first-order valence-electron chi connectivity index (χ1n) is 9.91. The van der Waals surface area contributed by atoms with E-state index in [0.29, 0.717) is 17.5 Å². The number of aryl methyl sites for hydroxylation is 2. The van der Waals surface area contributed by atoms with Crippen LogP contribution in [0.1, 0.15) is 50.6 Å². The highest BCUT2D eigenvalue weighted by Crippen LogP contribution is 2.36. The number of pyridine rings is 1. The van der Waals surface area contributed by atoms with Gasteiger partial charge in [-0.2, -0.15) is 26.3 Å². The van der Waals surface area contributed by atoms with Crippen LogP contribution in [0.15, 0.2) is 36.4 Å². The van der Waals surface area contributed by atoms with Gasteiger partial charge in [0.15, 0.2) is 6.04 Å². The Morgan fingerprint density at radius 2 is 1.79 bits per heavy atom. The van der Waals surface area contributed by atoms with Gasteiger partial charge in [0.2, 0.25) is 0 Å². The van der Waals surface area contributed by atoms with Gasteiger partial charge < -0.3 is 14.6 Å². The summed E-state index contributed by atoms with van der Waals surface area (Å²) in [4.78, 5) is 29.1. The monoisotopic (exact) mass is 487 g/mol. The number of hydrogen-bond donors (Lipinski definition) is 1. The second-order valence-corrected chi connectivity index (χ2v) is 7.37. The maximum Gasteiger partial charge on any atom is 0.416 e. The van der Waals surface area contributed by atoms with Gasteiger partial charge in [0, 0.05) is 11.9 Å². The van der Waals surface area contributed by atoms with Gasteiger partial charge in [0.1, 0.15) is 11.3 Å². The number of methoxy groups -OCH3 is 1. The number of rotatable bonds is 5. The smallest absolute Gasteiger partial charge is 0.416 e. The van der Waals surface area contributed by atoms with E-state index in [-0.39, 0.29) is 29.1 Å². The van der Waals surface area contributed by atoms with Crippen LogP contribution in [-0.2, 0) is 17.5 Å². The van der Waals surface area contributed by atoms with E-state index in [1.54, 1.807) is 12.2 Å². The minimum absolute atomic E-state index is 0.118. The highest BCUT2D eigenvalue weighted by molar-refractivity contribution is 6.00. The number of carbonyl (C=O) groups is 2. The summed E-state index contributed by atoms with van der Waals surface area (Å²) >= 11 is 0. The number of carbonyl (C=O) groups excluding carboxylic acids is 2. The average Bonchev–Trinajstić information content (AvgIpc) is 3.12. The van der Waals surface area contributed by atoms with Gasteiger partial charge >= 0.3 is 18.3 Å². The molecule has 0 bridgehead atoms. The zero-order chi connectivity index (χ0) is 25.4. The first kappa shape index (κ1) is 25.1. The van der Waals surface area contributed by atoms with Crippen LogP contribution in [0.2, 0.25) is 0 Å². The molecule has 3 aromatic rings. The highest BCUT2D eigenvalue weighted by Gasteiger charge is 2.43. The fraction of sp³-hybridized carbons (Fsp3) is 0.318. The van der Waals surface area contributed by atoms with Gasteiger partial charge in [-0.3, -0.25) is 4.79 Å². The summed E-state index contributed by atoms with van der Waals surface area (Å²) in [5.74, 6) is -1.85. The zero-order valence-corrected chi connectivity index (χ0v) is 18.1. The Hall–Kier alpha value is -3.57. The van der Waals surface area contributed by atoms with Crippen molar-refractivity contribution in [1.82, 2.24) is 14.9 Å². The van der Waals surface area contributed by atoms with Crippen molar-refractivity contribution < 1.29 is 40.7 Å². The molecule has 2 aromatic heterocycles. The van der Waals surface area contributed by atoms with Crippen molar-refractivity contribution in [3.8, 4) is 0 Å². The molecule has 1 atom stereocenters. The van der Waals surface area contributed by atoms with E-state index in [9.17, 15) is 35.9 Å². The molecule has 34 heavy (non-hydrogen) atoms. The lowest BCUT2D eigenvalue weighted by Crippen LogP contribution is -2.39. The van der Waals surface area contributed by atoms with E-state index in [1.807, 2.05) is 0 Å². The molecule has 1 amide bonds. The molecular weight excluding hydrogens is 468 g/mol. The van der Waals surface area contributed by atoms with E-state index in [0.717, 1.165) is 12.1 Å². The van der Waals surface area contributed by atoms with Crippen LogP contribution in [0.25, 0.3) is 11.0 Å². The quantitative estimate of drug-likeness (QED) is 0.397. The van der Waals surface area contributed by atoms with Crippen LogP contribution >= 0.6 is 0 Å². The maximum atomic E-state index is 13.8. The Morgan fingerprint density at radius 1 is 1.12 bits per heavy atom. The van der Waals surface area contributed by atoms with Gasteiger partial charge in [0.05, 0.1) is 23.9 Å². The number of alkyl halides is 6. The number of fused-ring (bicyclic) bond motifs is 1. The molecule has 3 rings (SSSR count). The topological polar surface area (TPSA) is 73.2 Å². The molecule has 1 aromatic carbocycles. The third kappa shape index (κ3) is 4.85. The Labute approximate surface area is 189 Å². The molecule has 182 valence electrons. The second-order valence-electron chi connectivity index (χ2n) is 7.37. The van der Waals surface area contributed by atoms with Crippen LogP contribution in [0.3, 0.4) is 0 Å². The first-order chi connectivity index (χ1) is 15.8. The SMILES string of the molecule is CCn1c(C(=O)NC(c2cccc(C(F)(F)F)c2)C(F)(F)F)cc2cc(C(=O)OC)c(C)nc21. The van der Waals surface area contributed by atoms with Crippen molar-refractivity contribution in [3.63, 3.8) is 0 Å². The molecule has 1 N–H and O–H groups in total. The standard InChI is InChI=1S/C22H19F6N3O3/c1-4-31-16(10-13-9-15(20(33)34-3)11(2)29-18(13)31)19(32)30-17(22(26,27)28)12-6-5-7-14(8-12)21(23,24)25/h5-10,17H,4H2,1-3H3,(H,30,32). The molecule has 0 fully saturated rings. The summed E-state index contributed by atoms with van der Waals surface area (Å²) in [6.07, 6.45) is -9.93. The molecule has 0 spiro atoms. The molecule has 6 nitrogen and oxygen atoms in total. The summed E-state index contributed by atoms with van der Waals surface area (Å²) in [6, 6.07) is 2.66. The number of nitrogens with zero attached hydrogens (tertiary/aromatic N) is 2. The molecule has 0 aliphatic rings. The van der Waals surface area contributed by atoms with Crippen molar-refractivity contribution in [2.45, 2.75) is 38.8 Å². The molecule has 0 aliphatic heterocycles. The molecule has 0 radical (unpaired) electrons. The van der Waals surface area contributed by atoms with Gasteiger partial charge in [-0.15, -0.1) is 0 Å². The van der Waals surface area contributed by atoms with Gasteiger partial charge in [0.25, 0.3) is 5.91 Å². The Bertz CT molecular complexity index is 1250. The van der Waals surface area contributed by atoms with E-state index in [4.69, 9.17) is 0 Å². The molecule has 1 unspecified atom stereocenters. The van der Waals surface area contributed by atoms with Crippen molar-refractivity contribution in [1.29, 1.82) is 0 Å². The van der Waals surface area contributed by atoms with Crippen molar-refractivity contribution in [3.05, 3.63) is 64.5 Å². The van der Waals surface area contributed by atoms with E-state index in [2.05, 4.69) is 9.72 Å². The van der Waals surface area contributed by atoms with Crippen molar-refractivity contribution in [2.75, 3.05) is 7.11 Å². The number of amides is 1. The number of esters is 1. The van der Waals surface area contributed by atoms with Crippen LogP contribution in [0.5, 0.6) is 0 Å². The van der Waals surface area contributed by atoms with Gasteiger partial charge in [-0.25, -0.2) is 9.78 Å². The third-order valence-corrected chi connectivity index (χ3v) is 5.16. The van der Waals surface area contributed by atoms with Gasteiger partial charge in [-0.05, 0) is 43.7 Å². The van der Waals surface area contributed by atoms with Crippen molar-refractivity contribution >= 4 is 22.9 Å². The lowest BCUT2D eigenvalue weighted by molar-refractivity contribution is -0.156. The number of ether oxygens (including phenoxy) is 1. The fourth-order valence-corrected chi connectivity index (χ4v) is 3.55.